The largest absolute Gasteiger partial charge is 0.351 e. The number of halogens is 1. The van der Waals surface area contributed by atoms with Gasteiger partial charge in [0.05, 0.1) is 12.0 Å². The monoisotopic (exact) mass is 369 g/mol. The fourth-order valence-electron chi connectivity index (χ4n) is 1.20. The Kier molecular flexibility index (Phi) is 6.82. The summed E-state index contributed by atoms with van der Waals surface area (Å²) < 4.78 is 5.21. The summed E-state index contributed by atoms with van der Waals surface area (Å²) in [5.41, 5.74) is 1.47. The van der Waals surface area contributed by atoms with E-state index < -0.39 is 0 Å². The number of amides is 1. The lowest BCUT2D eigenvalue weighted by atomic mass is 10.1. The summed E-state index contributed by atoms with van der Waals surface area (Å²) in [5.74, 6) is -0.0966. The van der Waals surface area contributed by atoms with Gasteiger partial charge in [0.1, 0.15) is 0 Å². The standard InChI is InChI=1S/C10H12INO4S/c1-7-6-8(10(13)12-5-4-11)2-3-9(7)17-16-15-14/h2-3,6,14H,4-5H2,1H3,(H,12,13). The molecular formula is C10H12INO4S. The molecule has 5 nitrogen and oxygen atoms in total. The van der Waals surface area contributed by atoms with Crippen LogP contribution >= 0.6 is 34.6 Å². The predicted molar refractivity (Wildman–Crippen MR) is 73.1 cm³/mol. The number of carbonyl (C=O) groups excluding carboxylic acids is 1. The molecule has 0 radical (unpaired) electrons. The third kappa shape index (κ3) is 4.80. The number of aryl methyl sites for hydroxylation is 1. The minimum atomic E-state index is -0.0966. The van der Waals surface area contributed by atoms with Crippen molar-refractivity contribution in [2.45, 2.75) is 11.8 Å². The molecule has 0 aliphatic rings. The van der Waals surface area contributed by atoms with Crippen molar-refractivity contribution in [2.75, 3.05) is 11.0 Å². The van der Waals surface area contributed by atoms with E-state index in [0.29, 0.717) is 12.1 Å². The van der Waals surface area contributed by atoms with Crippen LogP contribution in [0.3, 0.4) is 0 Å². The summed E-state index contributed by atoms with van der Waals surface area (Å²) in [6.07, 6.45) is 0. The van der Waals surface area contributed by atoms with Gasteiger partial charge >= 0.3 is 0 Å². The third-order valence-corrected chi connectivity index (χ3v) is 3.28. The van der Waals surface area contributed by atoms with Crippen molar-refractivity contribution in [2.24, 2.45) is 0 Å². The summed E-state index contributed by atoms with van der Waals surface area (Å²) in [6.45, 7) is 2.49. The molecule has 0 spiro atoms. The van der Waals surface area contributed by atoms with E-state index in [-0.39, 0.29) is 5.91 Å². The molecule has 0 aliphatic carbocycles. The molecule has 0 saturated heterocycles. The quantitative estimate of drug-likeness (QED) is 0.265. The molecule has 0 aromatic heterocycles. The Morgan fingerprint density at radius 3 is 2.94 bits per heavy atom. The van der Waals surface area contributed by atoms with Gasteiger partial charge in [-0.1, -0.05) is 27.6 Å². The van der Waals surface area contributed by atoms with Crippen LogP contribution in [0.2, 0.25) is 0 Å². The maximum absolute atomic E-state index is 11.7. The molecule has 0 fully saturated rings. The Bertz CT molecular complexity index is 389. The van der Waals surface area contributed by atoms with Crippen molar-refractivity contribution in [1.29, 1.82) is 0 Å². The molecule has 0 unspecified atom stereocenters. The van der Waals surface area contributed by atoms with E-state index in [2.05, 4.69) is 37.3 Å². The molecule has 94 valence electrons. The van der Waals surface area contributed by atoms with Gasteiger partial charge in [-0.25, -0.2) is 5.26 Å². The SMILES string of the molecule is Cc1cc(C(=O)NCCI)ccc1SOOO. The first-order valence-corrected chi connectivity index (χ1v) is 7.05. The molecule has 0 bridgehead atoms. The van der Waals surface area contributed by atoms with E-state index in [1.807, 2.05) is 6.92 Å². The summed E-state index contributed by atoms with van der Waals surface area (Å²) >= 11 is 3.08. The topological polar surface area (TPSA) is 67.8 Å². The van der Waals surface area contributed by atoms with Gasteiger partial charge in [0.15, 0.2) is 0 Å². The Morgan fingerprint density at radius 2 is 2.35 bits per heavy atom. The highest BCUT2D eigenvalue weighted by molar-refractivity contribution is 14.1. The second kappa shape index (κ2) is 7.88. The zero-order valence-corrected chi connectivity index (χ0v) is 12.1. The molecule has 0 saturated carbocycles. The number of hydrogen-bond acceptors (Lipinski definition) is 5. The van der Waals surface area contributed by atoms with E-state index in [0.717, 1.165) is 26.9 Å². The average molecular weight is 369 g/mol. The Morgan fingerprint density at radius 1 is 1.59 bits per heavy atom. The first-order valence-electron chi connectivity index (χ1n) is 4.78. The molecule has 17 heavy (non-hydrogen) atoms. The molecule has 7 heteroatoms. The number of rotatable bonds is 6. The van der Waals surface area contributed by atoms with Crippen molar-refractivity contribution in [3.8, 4) is 0 Å². The van der Waals surface area contributed by atoms with Crippen molar-refractivity contribution in [3.05, 3.63) is 29.3 Å². The third-order valence-electron chi connectivity index (χ3n) is 1.97. The zero-order valence-electron chi connectivity index (χ0n) is 9.10. The van der Waals surface area contributed by atoms with Gasteiger partial charge in [-0.2, -0.15) is 0 Å². The van der Waals surface area contributed by atoms with Crippen LogP contribution < -0.4 is 5.32 Å². The van der Waals surface area contributed by atoms with E-state index >= 15 is 0 Å². The molecule has 1 amide bonds. The minimum Gasteiger partial charge on any atom is -0.351 e. The number of benzene rings is 1. The van der Waals surface area contributed by atoms with E-state index in [9.17, 15) is 4.79 Å². The van der Waals surface area contributed by atoms with Gasteiger partial charge < -0.3 is 5.32 Å². The van der Waals surface area contributed by atoms with Crippen LogP contribution in [0.5, 0.6) is 0 Å². The Labute approximate surface area is 117 Å². The van der Waals surface area contributed by atoms with Gasteiger partial charge in [-0.3, -0.25) is 4.79 Å². The van der Waals surface area contributed by atoms with E-state index in [1.165, 1.54) is 0 Å². The van der Waals surface area contributed by atoms with Crippen LogP contribution in [-0.4, -0.2) is 22.1 Å². The summed E-state index contributed by atoms with van der Waals surface area (Å²) in [4.78, 5) is 12.4. The zero-order chi connectivity index (χ0) is 12.7. The van der Waals surface area contributed by atoms with E-state index in [1.54, 1.807) is 18.2 Å². The highest BCUT2D eigenvalue weighted by Crippen LogP contribution is 2.24. The first kappa shape index (κ1) is 14.7. The van der Waals surface area contributed by atoms with Crippen LogP contribution in [-0.2, 0) is 9.37 Å². The molecule has 1 aromatic carbocycles. The van der Waals surface area contributed by atoms with Crippen LogP contribution in [0.15, 0.2) is 23.1 Å². The second-order valence-corrected chi connectivity index (χ2v) is 4.97. The van der Waals surface area contributed by atoms with Gasteiger partial charge in [0.25, 0.3) is 5.91 Å². The lowest BCUT2D eigenvalue weighted by molar-refractivity contribution is -0.432. The van der Waals surface area contributed by atoms with Gasteiger partial charge in [0, 0.05) is 21.4 Å². The van der Waals surface area contributed by atoms with Crippen molar-refractivity contribution in [3.63, 3.8) is 0 Å². The van der Waals surface area contributed by atoms with Crippen molar-refractivity contribution in [1.82, 2.24) is 5.32 Å². The Hall–Kier alpha value is -0.350. The molecule has 0 heterocycles. The molecule has 0 atom stereocenters. The van der Waals surface area contributed by atoms with Gasteiger partial charge in [-0.05, 0) is 30.7 Å². The van der Waals surface area contributed by atoms with Gasteiger partial charge in [0.2, 0.25) is 0 Å². The van der Waals surface area contributed by atoms with Crippen LogP contribution in [0.4, 0.5) is 0 Å². The predicted octanol–water partition coefficient (Wildman–Crippen LogP) is 2.59. The number of nitrogens with one attached hydrogen (secondary N) is 1. The van der Waals surface area contributed by atoms with E-state index in [4.69, 9.17) is 5.26 Å². The second-order valence-electron chi connectivity index (χ2n) is 3.15. The highest BCUT2D eigenvalue weighted by Gasteiger charge is 2.08. The minimum absolute atomic E-state index is 0.0966. The fourth-order valence-corrected chi connectivity index (χ4v) is 1.89. The molecule has 1 aromatic rings. The van der Waals surface area contributed by atoms with Crippen molar-refractivity contribution < 1.29 is 19.4 Å². The normalized spacial score (nSPS) is 10.3. The summed E-state index contributed by atoms with van der Waals surface area (Å²) in [6, 6.07) is 5.18. The lowest BCUT2D eigenvalue weighted by Crippen LogP contribution is -2.25. The highest BCUT2D eigenvalue weighted by atomic mass is 127. The smallest absolute Gasteiger partial charge is 0.251 e. The number of carbonyl (C=O) groups is 1. The number of hydrogen-bond donors (Lipinski definition) is 2. The molecule has 0 aliphatic heterocycles. The maximum atomic E-state index is 11.7. The van der Waals surface area contributed by atoms with Crippen LogP contribution in [0, 0.1) is 6.92 Å². The average Bonchev–Trinajstić information content (AvgIpc) is 2.34. The fraction of sp³-hybridized carbons (Fsp3) is 0.300. The van der Waals surface area contributed by atoms with Crippen LogP contribution in [0.25, 0.3) is 0 Å². The maximum Gasteiger partial charge on any atom is 0.251 e. The molecule has 1 rings (SSSR count). The summed E-state index contributed by atoms with van der Waals surface area (Å²) in [7, 11) is 0. The van der Waals surface area contributed by atoms with Crippen LogP contribution in [0.1, 0.15) is 15.9 Å². The van der Waals surface area contributed by atoms with Gasteiger partial charge in [-0.15, -0.1) is 4.33 Å². The molecular weight excluding hydrogens is 357 g/mol. The summed E-state index contributed by atoms with van der Waals surface area (Å²) in [5, 5.41) is 14.4. The molecule has 2 N–H and O–H groups in total. The Balaban J connectivity index is 2.70. The first-order chi connectivity index (χ1) is 8.19. The number of alkyl halides is 1. The van der Waals surface area contributed by atoms with Crippen molar-refractivity contribution >= 4 is 40.5 Å². The lowest BCUT2D eigenvalue weighted by Gasteiger charge is -2.06.